The van der Waals surface area contributed by atoms with Gasteiger partial charge in [-0.1, -0.05) is 0 Å². The topological polar surface area (TPSA) is 78.6 Å². The third-order valence-electron chi connectivity index (χ3n) is 1.81. The highest BCUT2D eigenvalue weighted by atomic mass is 32.2. The molecular weight excluding hydrogens is 194 g/mol. The van der Waals surface area contributed by atoms with Crippen molar-refractivity contribution in [2.24, 2.45) is 5.14 Å². The molecule has 1 rings (SSSR count). The van der Waals surface area contributed by atoms with Crippen LogP contribution in [0.15, 0.2) is 0 Å². The number of ether oxygens (including phenoxy) is 2. The molecule has 0 aromatic rings. The van der Waals surface area contributed by atoms with Crippen molar-refractivity contribution < 1.29 is 17.9 Å². The molecule has 0 bridgehead atoms. The van der Waals surface area contributed by atoms with E-state index in [4.69, 9.17) is 14.6 Å². The lowest BCUT2D eigenvalue weighted by Gasteiger charge is -2.08. The van der Waals surface area contributed by atoms with Crippen LogP contribution in [0.3, 0.4) is 0 Å². The molecule has 0 radical (unpaired) electrons. The molecule has 0 aliphatic carbocycles. The van der Waals surface area contributed by atoms with E-state index in [0.29, 0.717) is 19.6 Å². The van der Waals surface area contributed by atoms with E-state index in [0.717, 1.165) is 13.0 Å². The number of hydrogen-bond acceptors (Lipinski definition) is 4. The predicted molar refractivity (Wildman–Crippen MR) is 47.8 cm³/mol. The van der Waals surface area contributed by atoms with Gasteiger partial charge in [0.15, 0.2) is 0 Å². The summed E-state index contributed by atoms with van der Waals surface area (Å²) < 4.78 is 31.5. The second-order valence-corrected chi connectivity index (χ2v) is 4.81. The fourth-order valence-corrected chi connectivity index (χ4v) is 1.67. The van der Waals surface area contributed by atoms with Crippen LogP contribution >= 0.6 is 0 Å². The molecular formula is C7H15NO4S. The molecule has 1 aliphatic heterocycles. The minimum absolute atomic E-state index is 0.0133. The normalized spacial score (nSPS) is 23.6. The highest BCUT2D eigenvalue weighted by Gasteiger charge is 2.15. The molecule has 13 heavy (non-hydrogen) atoms. The summed E-state index contributed by atoms with van der Waals surface area (Å²) in [6.07, 6.45) is 1.49. The second kappa shape index (κ2) is 4.90. The van der Waals surface area contributed by atoms with E-state index in [-0.39, 0.29) is 11.9 Å². The van der Waals surface area contributed by atoms with Crippen LogP contribution in [0.5, 0.6) is 0 Å². The molecule has 1 unspecified atom stereocenters. The maximum atomic E-state index is 10.5. The Hall–Kier alpha value is -0.170. The summed E-state index contributed by atoms with van der Waals surface area (Å²) in [6.45, 7) is 1.79. The van der Waals surface area contributed by atoms with Crippen molar-refractivity contribution in [1.82, 2.24) is 0 Å². The van der Waals surface area contributed by atoms with E-state index in [1.165, 1.54) is 0 Å². The largest absolute Gasteiger partial charge is 0.379 e. The zero-order chi connectivity index (χ0) is 9.73. The van der Waals surface area contributed by atoms with E-state index in [1.807, 2.05) is 0 Å². The van der Waals surface area contributed by atoms with E-state index in [2.05, 4.69) is 0 Å². The van der Waals surface area contributed by atoms with Crippen molar-refractivity contribution in [3.63, 3.8) is 0 Å². The second-order valence-electron chi connectivity index (χ2n) is 3.08. The number of sulfonamides is 1. The zero-order valence-electron chi connectivity index (χ0n) is 7.44. The first-order valence-corrected chi connectivity index (χ1v) is 5.99. The standard InChI is InChI=1S/C7H15NO4S/c8-13(9,10)5-1-3-12-7-2-4-11-6-7/h7H,1-6H2,(H2,8,9,10). The van der Waals surface area contributed by atoms with Crippen LogP contribution < -0.4 is 5.14 Å². The molecule has 78 valence electrons. The van der Waals surface area contributed by atoms with Gasteiger partial charge in [-0.25, -0.2) is 13.6 Å². The Morgan fingerprint density at radius 3 is 2.85 bits per heavy atom. The van der Waals surface area contributed by atoms with Crippen LogP contribution in [-0.2, 0) is 19.5 Å². The van der Waals surface area contributed by atoms with Gasteiger partial charge in [0.1, 0.15) is 0 Å². The van der Waals surface area contributed by atoms with Crippen molar-refractivity contribution in [1.29, 1.82) is 0 Å². The smallest absolute Gasteiger partial charge is 0.209 e. The van der Waals surface area contributed by atoms with E-state index in [9.17, 15) is 8.42 Å². The molecule has 1 fully saturated rings. The lowest BCUT2D eigenvalue weighted by atomic mass is 10.3. The SMILES string of the molecule is NS(=O)(=O)CCCOC1CCOC1. The van der Waals surface area contributed by atoms with Crippen LogP contribution in [0.4, 0.5) is 0 Å². The van der Waals surface area contributed by atoms with Crippen molar-refractivity contribution >= 4 is 10.0 Å². The molecule has 1 atom stereocenters. The molecule has 1 saturated heterocycles. The van der Waals surface area contributed by atoms with Crippen molar-refractivity contribution in [3.8, 4) is 0 Å². The molecule has 0 aromatic carbocycles. The molecule has 0 saturated carbocycles. The van der Waals surface area contributed by atoms with Gasteiger partial charge in [-0.2, -0.15) is 0 Å². The van der Waals surface area contributed by atoms with Gasteiger partial charge in [0.05, 0.1) is 18.5 Å². The Morgan fingerprint density at radius 2 is 2.31 bits per heavy atom. The molecule has 2 N–H and O–H groups in total. The van der Waals surface area contributed by atoms with Crippen LogP contribution in [0, 0.1) is 0 Å². The van der Waals surface area contributed by atoms with Crippen LogP contribution in [0.1, 0.15) is 12.8 Å². The monoisotopic (exact) mass is 209 g/mol. The highest BCUT2D eigenvalue weighted by Crippen LogP contribution is 2.08. The molecule has 1 aliphatic rings. The fraction of sp³-hybridized carbons (Fsp3) is 1.00. The molecule has 0 spiro atoms. The molecule has 0 amide bonds. The average molecular weight is 209 g/mol. The van der Waals surface area contributed by atoms with Crippen molar-refractivity contribution in [2.75, 3.05) is 25.6 Å². The Morgan fingerprint density at radius 1 is 1.54 bits per heavy atom. The van der Waals surface area contributed by atoms with E-state index in [1.54, 1.807) is 0 Å². The van der Waals surface area contributed by atoms with Crippen LogP contribution in [-0.4, -0.2) is 40.1 Å². The van der Waals surface area contributed by atoms with Gasteiger partial charge in [-0.15, -0.1) is 0 Å². The summed E-state index contributed by atoms with van der Waals surface area (Å²) in [6, 6.07) is 0. The molecule has 6 heteroatoms. The van der Waals surface area contributed by atoms with Gasteiger partial charge in [0.25, 0.3) is 0 Å². The first-order chi connectivity index (χ1) is 6.08. The first kappa shape index (κ1) is 10.9. The van der Waals surface area contributed by atoms with Crippen molar-refractivity contribution in [3.05, 3.63) is 0 Å². The van der Waals surface area contributed by atoms with E-state index < -0.39 is 10.0 Å². The fourth-order valence-electron chi connectivity index (χ4n) is 1.15. The summed E-state index contributed by atoms with van der Waals surface area (Å²) in [5, 5.41) is 4.82. The van der Waals surface area contributed by atoms with Crippen molar-refractivity contribution in [2.45, 2.75) is 18.9 Å². The van der Waals surface area contributed by atoms with Gasteiger partial charge in [0, 0.05) is 13.2 Å². The number of hydrogen-bond donors (Lipinski definition) is 1. The van der Waals surface area contributed by atoms with Gasteiger partial charge >= 0.3 is 0 Å². The highest BCUT2D eigenvalue weighted by molar-refractivity contribution is 7.89. The molecule has 5 nitrogen and oxygen atoms in total. The lowest BCUT2D eigenvalue weighted by Crippen LogP contribution is -2.19. The number of primary sulfonamides is 1. The summed E-state index contributed by atoms with van der Waals surface area (Å²) in [5.41, 5.74) is 0. The number of rotatable bonds is 5. The summed E-state index contributed by atoms with van der Waals surface area (Å²) in [5.74, 6) is -0.0133. The number of nitrogens with two attached hydrogens (primary N) is 1. The minimum Gasteiger partial charge on any atom is -0.379 e. The lowest BCUT2D eigenvalue weighted by molar-refractivity contribution is 0.0434. The van der Waals surface area contributed by atoms with Crippen LogP contribution in [0.2, 0.25) is 0 Å². The summed E-state index contributed by atoms with van der Waals surface area (Å²) >= 11 is 0. The Bertz CT molecular complexity index is 233. The van der Waals surface area contributed by atoms with E-state index >= 15 is 0 Å². The maximum absolute atomic E-state index is 10.5. The Kier molecular flexibility index (Phi) is 4.11. The Balaban J connectivity index is 2.01. The third kappa shape index (κ3) is 5.20. The van der Waals surface area contributed by atoms with Gasteiger partial charge in [0.2, 0.25) is 10.0 Å². The first-order valence-electron chi connectivity index (χ1n) is 4.28. The molecule has 0 aromatic heterocycles. The third-order valence-corrected chi connectivity index (χ3v) is 2.67. The summed E-state index contributed by atoms with van der Waals surface area (Å²) in [4.78, 5) is 0. The van der Waals surface area contributed by atoms with Crippen LogP contribution in [0.25, 0.3) is 0 Å². The van der Waals surface area contributed by atoms with Gasteiger partial charge in [-0.3, -0.25) is 0 Å². The summed E-state index contributed by atoms with van der Waals surface area (Å²) in [7, 11) is -3.33. The molecule has 1 heterocycles. The maximum Gasteiger partial charge on any atom is 0.209 e. The average Bonchev–Trinajstić information content (AvgIpc) is 2.48. The minimum atomic E-state index is -3.33. The quantitative estimate of drug-likeness (QED) is 0.617. The predicted octanol–water partition coefficient (Wildman–Crippen LogP) is -0.529. The Labute approximate surface area is 78.3 Å². The van der Waals surface area contributed by atoms with Gasteiger partial charge < -0.3 is 9.47 Å². The zero-order valence-corrected chi connectivity index (χ0v) is 8.26. The van der Waals surface area contributed by atoms with Gasteiger partial charge in [-0.05, 0) is 12.8 Å².